The van der Waals surface area contributed by atoms with E-state index in [1.54, 1.807) is 7.11 Å². The van der Waals surface area contributed by atoms with E-state index in [4.69, 9.17) is 4.74 Å². The number of amides is 1. The van der Waals surface area contributed by atoms with Gasteiger partial charge in [-0.2, -0.15) is 0 Å². The molecule has 1 aromatic rings. The molecule has 1 saturated heterocycles. The molecule has 20 heavy (non-hydrogen) atoms. The second-order valence-corrected chi connectivity index (χ2v) is 5.62. The van der Waals surface area contributed by atoms with Crippen LogP contribution in [0.25, 0.3) is 0 Å². The number of rotatable bonds is 5. The Morgan fingerprint density at radius 3 is 2.65 bits per heavy atom. The second-order valence-electron chi connectivity index (χ2n) is 5.62. The van der Waals surface area contributed by atoms with Crippen LogP contribution in [0.2, 0.25) is 0 Å². The molecule has 1 aliphatic heterocycles. The molecule has 1 N–H and O–H groups in total. The summed E-state index contributed by atoms with van der Waals surface area (Å²) < 4.78 is 5.15. The Labute approximate surface area is 121 Å². The monoisotopic (exact) mass is 276 g/mol. The Morgan fingerprint density at radius 2 is 2.05 bits per heavy atom. The van der Waals surface area contributed by atoms with Crippen molar-refractivity contribution < 1.29 is 9.53 Å². The first-order valence-corrected chi connectivity index (χ1v) is 7.28. The quantitative estimate of drug-likeness (QED) is 0.896. The van der Waals surface area contributed by atoms with E-state index in [0.717, 1.165) is 30.7 Å². The molecule has 1 aliphatic rings. The molecule has 0 spiro atoms. The number of carbonyl (C=O) groups is 1. The van der Waals surface area contributed by atoms with Crippen LogP contribution in [0.5, 0.6) is 5.75 Å². The highest BCUT2D eigenvalue weighted by molar-refractivity contribution is 5.82. The standard InChI is InChI=1S/C16H24N2O2/c1-12(2)17-15-5-4-10-18(16(15)19)11-13-6-8-14(20-3)9-7-13/h6-9,12,15,17H,4-5,10-11H2,1-3H3. The fourth-order valence-corrected chi connectivity index (χ4v) is 2.61. The molecule has 0 radical (unpaired) electrons. The van der Waals surface area contributed by atoms with Gasteiger partial charge in [-0.15, -0.1) is 0 Å². The molecule has 0 aliphatic carbocycles. The van der Waals surface area contributed by atoms with Gasteiger partial charge in [-0.3, -0.25) is 4.79 Å². The lowest BCUT2D eigenvalue weighted by Gasteiger charge is -2.33. The van der Waals surface area contributed by atoms with E-state index >= 15 is 0 Å². The molecule has 1 fully saturated rings. The molecular weight excluding hydrogens is 252 g/mol. The number of nitrogens with one attached hydrogen (secondary N) is 1. The first-order chi connectivity index (χ1) is 9.60. The third-order valence-electron chi connectivity index (χ3n) is 3.60. The van der Waals surface area contributed by atoms with E-state index < -0.39 is 0 Å². The summed E-state index contributed by atoms with van der Waals surface area (Å²) in [5.74, 6) is 1.07. The first kappa shape index (κ1) is 14.9. The fourth-order valence-electron chi connectivity index (χ4n) is 2.61. The van der Waals surface area contributed by atoms with Crippen LogP contribution >= 0.6 is 0 Å². The van der Waals surface area contributed by atoms with Crippen LogP contribution in [0.15, 0.2) is 24.3 Å². The lowest BCUT2D eigenvalue weighted by atomic mass is 10.0. The topological polar surface area (TPSA) is 41.6 Å². The molecule has 1 heterocycles. The van der Waals surface area contributed by atoms with Gasteiger partial charge in [0, 0.05) is 19.1 Å². The van der Waals surface area contributed by atoms with E-state index in [0.29, 0.717) is 12.6 Å². The molecule has 0 bridgehead atoms. The van der Waals surface area contributed by atoms with Crippen molar-refractivity contribution in [2.75, 3.05) is 13.7 Å². The minimum absolute atomic E-state index is 0.0259. The van der Waals surface area contributed by atoms with Crippen LogP contribution in [0.4, 0.5) is 0 Å². The number of benzene rings is 1. The van der Waals surface area contributed by atoms with E-state index in [-0.39, 0.29) is 11.9 Å². The number of carbonyl (C=O) groups excluding carboxylic acids is 1. The summed E-state index contributed by atoms with van der Waals surface area (Å²) in [6.45, 7) is 5.69. The predicted octanol–water partition coefficient (Wildman–Crippen LogP) is 2.18. The fraction of sp³-hybridized carbons (Fsp3) is 0.562. The van der Waals surface area contributed by atoms with E-state index in [1.807, 2.05) is 29.2 Å². The molecule has 1 amide bonds. The minimum atomic E-state index is -0.0259. The van der Waals surface area contributed by atoms with Crippen LogP contribution in [-0.4, -0.2) is 36.5 Å². The highest BCUT2D eigenvalue weighted by atomic mass is 16.5. The van der Waals surface area contributed by atoms with E-state index in [1.165, 1.54) is 0 Å². The maximum absolute atomic E-state index is 12.4. The smallest absolute Gasteiger partial charge is 0.240 e. The summed E-state index contributed by atoms with van der Waals surface area (Å²) in [6.07, 6.45) is 2.00. The zero-order valence-electron chi connectivity index (χ0n) is 12.6. The second kappa shape index (κ2) is 6.75. The van der Waals surface area contributed by atoms with Crippen molar-refractivity contribution in [3.63, 3.8) is 0 Å². The van der Waals surface area contributed by atoms with Crippen molar-refractivity contribution in [2.24, 2.45) is 0 Å². The van der Waals surface area contributed by atoms with Gasteiger partial charge in [-0.25, -0.2) is 0 Å². The van der Waals surface area contributed by atoms with Crippen molar-refractivity contribution in [3.8, 4) is 5.75 Å². The third-order valence-corrected chi connectivity index (χ3v) is 3.60. The molecular formula is C16H24N2O2. The number of methoxy groups -OCH3 is 1. The van der Waals surface area contributed by atoms with Crippen molar-refractivity contribution in [2.45, 2.75) is 45.3 Å². The van der Waals surface area contributed by atoms with Crippen LogP contribution in [0, 0.1) is 0 Å². The van der Waals surface area contributed by atoms with Gasteiger partial charge in [0.25, 0.3) is 0 Å². The molecule has 1 aromatic carbocycles. The van der Waals surface area contributed by atoms with Gasteiger partial charge in [0.2, 0.25) is 5.91 Å². The number of likely N-dealkylation sites (tertiary alicyclic amines) is 1. The van der Waals surface area contributed by atoms with E-state index in [9.17, 15) is 4.79 Å². The highest BCUT2D eigenvalue weighted by Gasteiger charge is 2.28. The van der Waals surface area contributed by atoms with Gasteiger partial charge < -0.3 is 15.0 Å². The average molecular weight is 276 g/mol. The lowest BCUT2D eigenvalue weighted by Crippen LogP contribution is -2.51. The Kier molecular flexibility index (Phi) is 5.01. The minimum Gasteiger partial charge on any atom is -0.497 e. The normalized spacial score (nSPS) is 19.5. The van der Waals surface area contributed by atoms with Gasteiger partial charge in [-0.1, -0.05) is 26.0 Å². The molecule has 1 atom stereocenters. The van der Waals surface area contributed by atoms with Gasteiger partial charge in [-0.05, 0) is 30.5 Å². The third kappa shape index (κ3) is 3.73. The maximum Gasteiger partial charge on any atom is 0.240 e. The van der Waals surface area contributed by atoms with Crippen molar-refractivity contribution in [1.82, 2.24) is 10.2 Å². The predicted molar refractivity (Wildman–Crippen MR) is 79.7 cm³/mol. The van der Waals surface area contributed by atoms with Crippen molar-refractivity contribution >= 4 is 5.91 Å². The Balaban J connectivity index is 1.98. The molecule has 4 nitrogen and oxygen atoms in total. The van der Waals surface area contributed by atoms with Crippen LogP contribution < -0.4 is 10.1 Å². The number of nitrogens with zero attached hydrogens (tertiary/aromatic N) is 1. The lowest BCUT2D eigenvalue weighted by molar-refractivity contribution is -0.136. The van der Waals surface area contributed by atoms with Crippen LogP contribution in [0.3, 0.4) is 0 Å². The molecule has 0 aromatic heterocycles. The largest absolute Gasteiger partial charge is 0.497 e. The summed E-state index contributed by atoms with van der Waals surface area (Å²) in [6, 6.07) is 8.23. The number of ether oxygens (including phenoxy) is 1. The van der Waals surface area contributed by atoms with Gasteiger partial charge in [0.1, 0.15) is 5.75 Å². The number of piperidine rings is 1. The highest BCUT2D eigenvalue weighted by Crippen LogP contribution is 2.17. The van der Waals surface area contributed by atoms with Gasteiger partial charge >= 0.3 is 0 Å². The molecule has 1 unspecified atom stereocenters. The molecule has 0 saturated carbocycles. The number of hydrogen-bond donors (Lipinski definition) is 1. The average Bonchev–Trinajstić information content (AvgIpc) is 2.43. The zero-order valence-corrected chi connectivity index (χ0v) is 12.6. The Morgan fingerprint density at radius 1 is 1.35 bits per heavy atom. The summed E-state index contributed by atoms with van der Waals surface area (Å²) in [5.41, 5.74) is 1.14. The Hall–Kier alpha value is -1.55. The first-order valence-electron chi connectivity index (χ1n) is 7.28. The number of hydrogen-bond acceptors (Lipinski definition) is 3. The van der Waals surface area contributed by atoms with Crippen molar-refractivity contribution in [1.29, 1.82) is 0 Å². The van der Waals surface area contributed by atoms with Gasteiger partial charge in [0.15, 0.2) is 0 Å². The van der Waals surface area contributed by atoms with Crippen molar-refractivity contribution in [3.05, 3.63) is 29.8 Å². The molecule has 4 heteroatoms. The Bertz CT molecular complexity index is 442. The summed E-state index contributed by atoms with van der Waals surface area (Å²) >= 11 is 0. The SMILES string of the molecule is COc1ccc(CN2CCCC(NC(C)C)C2=O)cc1. The van der Waals surface area contributed by atoms with E-state index in [2.05, 4.69) is 19.2 Å². The zero-order chi connectivity index (χ0) is 14.5. The molecule has 110 valence electrons. The summed E-state index contributed by atoms with van der Waals surface area (Å²) in [4.78, 5) is 14.4. The van der Waals surface area contributed by atoms with Crippen LogP contribution in [0.1, 0.15) is 32.3 Å². The van der Waals surface area contributed by atoms with Gasteiger partial charge in [0.05, 0.1) is 13.2 Å². The van der Waals surface area contributed by atoms with Crippen LogP contribution in [-0.2, 0) is 11.3 Å². The summed E-state index contributed by atoms with van der Waals surface area (Å²) in [5, 5.41) is 3.35. The maximum atomic E-state index is 12.4. The summed E-state index contributed by atoms with van der Waals surface area (Å²) in [7, 11) is 1.66. The molecule has 2 rings (SSSR count).